The molecule has 0 saturated carbocycles. The lowest BCUT2D eigenvalue weighted by atomic mass is 10.3. The first-order valence-electron chi connectivity index (χ1n) is 7.39. The van der Waals surface area contributed by atoms with Gasteiger partial charge in [0.25, 0.3) is 0 Å². The number of nitrogens with one attached hydrogen (secondary N) is 2. The van der Waals surface area contributed by atoms with E-state index in [1.54, 1.807) is 37.2 Å². The largest absolute Gasteiger partial charge is 0.497 e. The molecule has 0 amide bonds. The zero-order chi connectivity index (χ0) is 16.9. The van der Waals surface area contributed by atoms with Crippen LogP contribution < -0.4 is 25.8 Å². The van der Waals surface area contributed by atoms with Crippen LogP contribution >= 0.6 is 0 Å². The van der Waals surface area contributed by atoms with Crippen molar-refractivity contribution in [1.82, 2.24) is 19.6 Å². The highest BCUT2D eigenvalue weighted by molar-refractivity contribution is 5.66. The van der Waals surface area contributed by atoms with Crippen molar-refractivity contribution in [2.24, 2.45) is 5.73 Å². The number of nitrogens with zero attached hydrogens (tertiary/aromatic N) is 4. The summed E-state index contributed by atoms with van der Waals surface area (Å²) in [4.78, 5) is 8.73. The van der Waals surface area contributed by atoms with Crippen LogP contribution in [0.1, 0.15) is 0 Å². The van der Waals surface area contributed by atoms with E-state index < -0.39 is 0 Å². The Kier molecular flexibility index (Phi) is 4.62. The molecule has 9 heteroatoms. The Morgan fingerprint density at radius 1 is 1.17 bits per heavy atom. The lowest BCUT2D eigenvalue weighted by Crippen LogP contribution is -2.14. The van der Waals surface area contributed by atoms with Gasteiger partial charge in [-0.15, -0.1) is 5.10 Å². The number of anilines is 3. The summed E-state index contributed by atoms with van der Waals surface area (Å²) in [6, 6.07) is 5.46. The predicted octanol–water partition coefficient (Wildman–Crippen LogP) is 1.26. The van der Waals surface area contributed by atoms with Gasteiger partial charge in [0.05, 0.1) is 14.2 Å². The lowest BCUT2D eigenvalue weighted by Gasteiger charge is -2.08. The van der Waals surface area contributed by atoms with Crippen molar-refractivity contribution in [3.63, 3.8) is 0 Å². The van der Waals surface area contributed by atoms with Crippen LogP contribution in [-0.4, -0.2) is 46.9 Å². The summed E-state index contributed by atoms with van der Waals surface area (Å²) in [6.45, 7) is 1.11. The van der Waals surface area contributed by atoms with Crippen LogP contribution in [0.15, 0.2) is 30.6 Å². The lowest BCUT2D eigenvalue weighted by molar-refractivity contribution is 0.395. The van der Waals surface area contributed by atoms with Gasteiger partial charge in [-0.25, -0.2) is 9.50 Å². The Hall–Kier alpha value is -3.07. The summed E-state index contributed by atoms with van der Waals surface area (Å²) in [7, 11) is 3.20. The first-order chi connectivity index (χ1) is 11.7. The molecular weight excluding hydrogens is 310 g/mol. The highest BCUT2D eigenvalue weighted by Crippen LogP contribution is 2.27. The van der Waals surface area contributed by atoms with E-state index in [1.807, 2.05) is 12.1 Å². The van der Waals surface area contributed by atoms with Gasteiger partial charge in [0.15, 0.2) is 11.5 Å². The normalized spacial score (nSPS) is 10.6. The quantitative estimate of drug-likeness (QED) is 0.594. The minimum atomic E-state index is 0.439. The fraction of sp³-hybridized carbons (Fsp3) is 0.267. The molecule has 24 heavy (non-hydrogen) atoms. The number of hydrogen-bond donors (Lipinski definition) is 3. The minimum Gasteiger partial charge on any atom is -0.497 e. The van der Waals surface area contributed by atoms with Gasteiger partial charge in [-0.1, -0.05) is 0 Å². The Morgan fingerprint density at radius 3 is 2.58 bits per heavy atom. The molecule has 0 aliphatic carbocycles. The second kappa shape index (κ2) is 7.01. The van der Waals surface area contributed by atoms with Crippen LogP contribution in [-0.2, 0) is 0 Å². The van der Waals surface area contributed by atoms with E-state index in [1.165, 1.54) is 0 Å². The maximum atomic E-state index is 5.51. The molecule has 2 aromatic heterocycles. The van der Waals surface area contributed by atoms with E-state index in [0.717, 1.165) is 5.69 Å². The number of benzene rings is 1. The van der Waals surface area contributed by atoms with Crippen LogP contribution in [0.4, 0.5) is 17.5 Å². The SMILES string of the molecule is COc1cc(Nc2nc3c(NCCN)nccn3n2)cc(OC)c1. The van der Waals surface area contributed by atoms with E-state index in [9.17, 15) is 0 Å². The number of aromatic nitrogens is 4. The van der Waals surface area contributed by atoms with Crippen LogP contribution in [0, 0.1) is 0 Å². The van der Waals surface area contributed by atoms with Gasteiger partial charge in [0.2, 0.25) is 5.95 Å². The second-order valence-electron chi connectivity index (χ2n) is 4.92. The average Bonchev–Trinajstić information content (AvgIpc) is 3.02. The molecule has 3 rings (SSSR count). The topological polar surface area (TPSA) is 112 Å². The van der Waals surface area contributed by atoms with E-state index in [0.29, 0.717) is 42.0 Å². The van der Waals surface area contributed by atoms with Crippen molar-refractivity contribution < 1.29 is 9.47 Å². The highest BCUT2D eigenvalue weighted by atomic mass is 16.5. The molecule has 0 atom stereocenters. The first kappa shape index (κ1) is 15.8. The molecule has 0 bridgehead atoms. The monoisotopic (exact) mass is 329 g/mol. The highest BCUT2D eigenvalue weighted by Gasteiger charge is 2.10. The molecule has 0 spiro atoms. The summed E-state index contributed by atoms with van der Waals surface area (Å²) < 4.78 is 12.2. The maximum Gasteiger partial charge on any atom is 0.247 e. The van der Waals surface area contributed by atoms with Crippen molar-refractivity contribution >= 4 is 23.1 Å². The van der Waals surface area contributed by atoms with E-state index in [-0.39, 0.29) is 0 Å². The minimum absolute atomic E-state index is 0.439. The van der Waals surface area contributed by atoms with E-state index in [4.69, 9.17) is 15.2 Å². The van der Waals surface area contributed by atoms with Gasteiger partial charge in [-0.3, -0.25) is 0 Å². The third-order valence-electron chi connectivity index (χ3n) is 3.30. The zero-order valence-corrected chi connectivity index (χ0v) is 13.5. The maximum absolute atomic E-state index is 5.51. The fourth-order valence-corrected chi connectivity index (χ4v) is 2.19. The van der Waals surface area contributed by atoms with Crippen LogP contribution in [0.3, 0.4) is 0 Å². The van der Waals surface area contributed by atoms with Gasteiger partial charge in [-0.2, -0.15) is 4.98 Å². The van der Waals surface area contributed by atoms with Gasteiger partial charge >= 0.3 is 0 Å². The first-order valence-corrected chi connectivity index (χ1v) is 7.39. The molecule has 3 aromatic rings. The molecule has 1 aromatic carbocycles. The molecule has 0 fully saturated rings. The van der Waals surface area contributed by atoms with Gasteiger partial charge in [0.1, 0.15) is 11.5 Å². The number of nitrogens with two attached hydrogens (primary N) is 1. The Balaban J connectivity index is 1.90. The Bertz CT molecular complexity index is 812. The number of hydrogen-bond acceptors (Lipinski definition) is 8. The van der Waals surface area contributed by atoms with Crippen LogP contribution in [0.5, 0.6) is 11.5 Å². The molecule has 2 heterocycles. The van der Waals surface area contributed by atoms with Crippen molar-refractivity contribution in [3.8, 4) is 11.5 Å². The summed E-state index contributed by atoms with van der Waals surface area (Å²) in [5, 5.41) is 10.7. The van der Waals surface area contributed by atoms with Crippen molar-refractivity contribution in [2.75, 3.05) is 37.9 Å². The number of methoxy groups -OCH3 is 2. The molecule has 4 N–H and O–H groups in total. The molecule has 9 nitrogen and oxygen atoms in total. The predicted molar refractivity (Wildman–Crippen MR) is 91.2 cm³/mol. The average molecular weight is 329 g/mol. The Labute approximate surface area is 138 Å². The summed E-state index contributed by atoms with van der Waals surface area (Å²) >= 11 is 0. The molecule has 0 unspecified atom stereocenters. The summed E-state index contributed by atoms with van der Waals surface area (Å²) in [5.41, 5.74) is 6.88. The van der Waals surface area contributed by atoms with Crippen LogP contribution in [0.2, 0.25) is 0 Å². The fourth-order valence-electron chi connectivity index (χ4n) is 2.19. The summed E-state index contributed by atoms with van der Waals surface area (Å²) in [6.07, 6.45) is 3.38. The second-order valence-corrected chi connectivity index (χ2v) is 4.92. The smallest absolute Gasteiger partial charge is 0.247 e. The van der Waals surface area contributed by atoms with Crippen LogP contribution in [0.25, 0.3) is 5.65 Å². The third-order valence-corrected chi connectivity index (χ3v) is 3.30. The van der Waals surface area contributed by atoms with Gasteiger partial charge < -0.3 is 25.8 Å². The molecule has 0 aliphatic rings. The standard InChI is InChI=1S/C15H19N7O2/c1-23-11-7-10(8-12(9-11)24-2)19-15-20-14-13(17-4-3-16)18-5-6-22(14)21-15/h5-9H,3-4,16H2,1-2H3,(H,17,18)(H,19,21). The molecule has 126 valence electrons. The number of fused-ring (bicyclic) bond motifs is 1. The third kappa shape index (κ3) is 3.30. The van der Waals surface area contributed by atoms with Gasteiger partial charge in [-0.05, 0) is 0 Å². The summed E-state index contributed by atoms with van der Waals surface area (Å²) in [5.74, 6) is 2.42. The Morgan fingerprint density at radius 2 is 1.92 bits per heavy atom. The van der Waals surface area contributed by atoms with E-state index in [2.05, 4.69) is 25.7 Å². The van der Waals surface area contributed by atoms with Gasteiger partial charge in [0, 0.05) is 49.4 Å². The van der Waals surface area contributed by atoms with Crippen molar-refractivity contribution in [1.29, 1.82) is 0 Å². The molecule has 0 aliphatic heterocycles. The number of ether oxygens (including phenoxy) is 2. The molecular formula is C15H19N7O2. The van der Waals surface area contributed by atoms with E-state index >= 15 is 0 Å². The molecule has 0 radical (unpaired) electrons. The zero-order valence-electron chi connectivity index (χ0n) is 13.5. The molecule has 0 saturated heterocycles. The number of rotatable bonds is 7. The van der Waals surface area contributed by atoms with Crippen molar-refractivity contribution in [3.05, 3.63) is 30.6 Å². The van der Waals surface area contributed by atoms with Crippen molar-refractivity contribution in [2.45, 2.75) is 0 Å².